The highest BCUT2D eigenvalue weighted by Crippen LogP contribution is 2.40. The molecule has 134 valence electrons. The van der Waals surface area contributed by atoms with E-state index < -0.39 is 11.8 Å². The number of thioether (sulfide) groups is 1. The van der Waals surface area contributed by atoms with E-state index in [1.165, 1.54) is 18.2 Å². The molecule has 0 radical (unpaired) electrons. The number of halogens is 1. The largest absolute Gasteiger partial charge is 0.506 e. The van der Waals surface area contributed by atoms with Gasteiger partial charge in [0.25, 0.3) is 0 Å². The van der Waals surface area contributed by atoms with Crippen molar-refractivity contribution in [1.82, 2.24) is 4.57 Å². The molecule has 0 unspecified atom stereocenters. The molecule has 26 heavy (non-hydrogen) atoms. The fourth-order valence-corrected chi connectivity index (χ4v) is 3.43. The van der Waals surface area contributed by atoms with E-state index >= 15 is 0 Å². The Bertz CT molecular complexity index is 944. The smallest absolute Gasteiger partial charge is 0.344 e. The van der Waals surface area contributed by atoms with Crippen LogP contribution in [0.2, 0.25) is 0 Å². The van der Waals surface area contributed by atoms with Crippen molar-refractivity contribution in [2.24, 2.45) is 12.0 Å². The molecule has 1 N–H and O–H groups in total. The lowest BCUT2D eigenvalue weighted by Crippen LogP contribution is -2.12. The van der Waals surface area contributed by atoms with Crippen LogP contribution in [0.3, 0.4) is 0 Å². The molecule has 0 atom stereocenters. The minimum atomic E-state index is -0.664. The number of aliphatic hydroxyl groups is 1. The molecule has 1 aliphatic heterocycles. The maximum Gasteiger partial charge on any atom is 0.344 e. The van der Waals surface area contributed by atoms with Gasteiger partial charge in [-0.2, -0.15) is 0 Å². The zero-order valence-electron chi connectivity index (χ0n) is 14.3. The minimum Gasteiger partial charge on any atom is -0.506 e. The maximum absolute atomic E-state index is 13.4. The number of aryl methyl sites for hydroxylation is 1. The highest BCUT2D eigenvalue weighted by molar-refractivity contribution is 8.18. The standard InChI is InChI=1S/C19H17FN2O3S/c1-3-25-19(24)16-17(23)15(11-14-8-5-9-22(14)2)26-18(16)21-13-7-4-6-12(20)10-13/h4-11,23H,3H2,1-2H3. The number of benzene rings is 1. The zero-order valence-corrected chi connectivity index (χ0v) is 15.1. The summed E-state index contributed by atoms with van der Waals surface area (Å²) >= 11 is 1.14. The van der Waals surface area contributed by atoms with Gasteiger partial charge in [-0.25, -0.2) is 14.2 Å². The van der Waals surface area contributed by atoms with Crippen molar-refractivity contribution in [2.45, 2.75) is 6.92 Å². The number of esters is 1. The van der Waals surface area contributed by atoms with E-state index in [0.717, 1.165) is 17.5 Å². The number of carbonyl (C=O) groups excluding carboxylic acids is 1. The van der Waals surface area contributed by atoms with Crippen molar-refractivity contribution < 1.29 is 19.0 Å². The van der Waals surface area contributed by atoms with Gasteiger partial charge in [0.1, 0.15) is 22.2 Å². The Kier molecular flexibility index (Phi) is 5.27. The molecule has 0 bridgehead atoms. The predicted octanol–water partition coefficient (Wildman–Crippen LogP) is 4.36. The van der Waals surface area contributed by atoms with Crippen molar-refractivity contribution in [1.29, 1.82) is 0 Å². The van der Waals surface area contributed by atoms with Crippen molar-refractivity contribution in [3.8, 4) is 0 Å². The van der Waals surface area contributed by atoms with Crippen LogP contribution in [0.1, 0.15) is 12.6 Å². The summed E-state index contributed by atoms with van der Waals surface area (Å²) in [5.41, 5.74) is 1.19. The molecule has 0 saturated heterocycles. The lowest BCUT2D eigenvalue weighted by Gasteiger charge is -2.03. The first kappa shape index (κ1) is 18.0. The number of aromatic nitrogens is 1. The van der Waals surface area contributed by atoms with E-state index in [9.17, 15) is 14.3 Å². The van der Waals surface area contributed by atoms with Crippen LogP contribution in [0.15, 0.2) is 63.8 Å². The SMILES string of the molecule is CCOC(=O)C1=C(O)C(=Cc2cccn2C)SC1=Nc1cccc(F)c1. The summed E-state index contributed by atoms with van der Waals surface area (Å²) in [6, 6.07) is 9.48. The first-order valence-electron chi connectivity index (χ1n) is 7.96. The van der Waals surface area contributed by atoms with Gasteiger partial charge in [0.05, 0.1) is 17.2 Å². The summed E-state index contributed by atoms with van der Waals surface area (Å²) < 4.78 is 20.3. The van der Waals surface area contributed by atoms with Crippen LogP contribution in [0.4, 0.5) is 10.1 Å². The summed E-state index contributed by atoms with van der Waals surface area (Å²) in [5, 5.41) is 10.8. The van der Waals surface area contributed by atoms with Crippen LogP contribution in [0.5, 0.6) is 0 Å². The summed E-state index contributed by atoms with van der Waals surface area (Å²) in [6.45, 7) is 1.85. The molecule has 3 rings (SSSR count). The van der Waals surface area contributed by atoms with Crippen molar-refractivity contribution in [3.05, 3.63) is 70.3 Å². The molecule has 0 spiro atoms. The number of ether oxygens (including phenoxy) is 1. The molecule has 2 aromatic rings. The Morgan fingerprint density at radius 2 is 2.19 bits per heavy atom. The van der Waals surface area contributed by atoms with Crippen LogP contribution in [-0.2, 0) is 16.6 Å². The summed E-state index contributed by atoms with van der Waals surface area (Å²) in [5.74, 6) is -1.28. The van der Waals surface area contributed by atoms with Crippen LogP contribution >= 0.6 is 11.8 Å². The van der Waals surface area contributed by atoms with E-state index in [2.05, 4.69) is 4.99 Å². The number of aliphatic hydroxyl groups excluding tert-OH is 1. The molecular formula is C19H17FN2O3S. The van der Waals surface area contributed by atoms with Gasteiger partial charge in [-0.05, 0) is 43.3 Å². The number of carbonyl (C=O) groups is 1. The Morgan fingerprint density at radius 3 is 2.85 bits per heavy atom. The number of rotatable bonds is 4. The van der Waals surface area contributed by atoms with Gasteiger partial charge >= 0.3 is 5.97 Å². The Hall–Kier alpha value is -2.80. The van der Waals surface area contributed by atoms with Crippen molar-refractivity contribution in [3.63, 3.8) is 0 Å². The van der Waals surface area contributed by atoms with E-state index in [4.69, 9.17) is 4.74 Å². The molecule has 0 saturated carbocycles. The fourth-order valence-electron chi connectivity index (χ4n) is 2.41. The number of nitrogens with zero attached hydrogens (tertiary/aromatic N) is 2. The Morgan fingerprint density at radius 1 is 1.38 bits per heavy atom. The highest BCUT2D eigenvalue weighted by Gasteiger charge is 2.33. The second-order valence-electron chi connectivity index (χ2n) is 5.50. The second kappa shape index (κ2) is 7.61. The lowest BCUT2D eigenvalue weighted by molar-refractivity contribution is -0.138. The average Bonchev–Trinajstić information content (AvgIpc) is 3.12. The number of hydrogen-bond donors (Lipinski definition) is 1. The quantitative estimate of drug-likeness (QED) is 0.810. The first-order chi connectivity index (χ1) is 12.5. The first-order valence-corrected chi connectivity index (χ1v) is 8.77. The van der Waals surface area contributed by atoms with E-state index in [-0.39, 0.29) is 23.0 Å². The number of hydrogen-bond acceptors (Lipinski definition) is 5. The third-order valence-corrected chi connectivity index (χ3v) is 4.69. The number of aliphatic imine (C=N–C) groups is 1. The third-order valence-electron chi connectivity index (χ3n) is 3.67. The van der Waals surface area contributed by atoms with Gasteiger partial charge in [-0.1, -0.05) is 17.8 Å². The monoisotopic (exact) mass is 372 g/mol. The highest BCUT2D eigenvalue weighted by atomic mass is 32.2. The predicted molar refractivity (Wildman–Crippen MR) is 101 cm³/mol. The topological polar surface area (TPSA) is 63.8 Å². The van der Waals surface area contributed by atoms with E-state index in [1.54, 1.807) is 19.1 Å². The van der Waals surface area contributed by atoms with Crippen LogP contribution in [0.25, 0.3) is 6.08 Å². The fraction of sp³-hybridized carbons (Fsp3) is 0.158. The molecule has 0 fully saturated rings. The van der Waals surface area contributed by atoms with Crippen LogP contribution in [0, 0.1) is 5.82 Å². The molecule has 5 nitrogen and oxygen atoms in total. The maximum atomic E-state index is 13.4. The minimum absolute atomic E-state index is 0.0124. The van der Waals surface area contributed by atoms with E-state index in [0.29, 0.717) is 10.6 Å². The zero-order chi connectivity index (χ0) is 18.7. The van der Waals surface area contributed by atoms with Crippen LogP contribution in [-0.4, -0.2) is 27.3 Å². The van der Waals surface area contributed by atoms with Crippen molar-refractivity contribution >= 4 is 34.5 Å². The Labute approximate surface area is 154 Å². The Balaban J connectivity index is 2.05. The van der Waals surface area contributed by atoms with E-state index in [1.807, 2.05) is 29.9 Å². The molecule has 2 heterocycles. The van der Waals surface area contributed by atoms with Crippen molar-refractivity contribution in [2.75, 3.05) is 6.61 Å². The molecule has 0 aliphatic carbocycles. The lowest BCUT2D eigenvalue weighted by atomic mass is 10.2. The second-order valence-corrected chi connectivity index (χ2v) is 6.53. The molecule has 0 amide bonds. The van der Waals surface area contributed by atoms with Gasteiger partial charge in [0.15, 0.2) is 0 Å². The van der Waals surface area contributed by atoms with Gasteiger partial charge < -0.3 is 14.4 Å². The molecule has 1 aromatic carbocycles. The average molecular weight is 372 g/mol. The summed E-state index contributed by atoms with van der Waals surface area (Å²) in [7, 11) is 1.88. The molecule has 7 heteroatoms. The van der Waals surface area contributed by atoms with Gasteiger partial charge in [0.2, 0.25) is 0 Å². The van der Waals surface area contributed by atoms with Gasteiger partial charge in [-0.15, -0.1) is 0 Å². The third kappa shape index (κ3) is 3.72. The molecule has 1 aromatic heterocycles. The van der Waals surface area contributed by atoms with Gasteiger partial charge in [0, 0.05) is 18.9 Å². The van der Waals surface area contributed by atoms with Crippen LogP contribution < -0.4 is 0 Å². The summed E-state index contributed by atoms with van der Waals surface area (Å²) in [6.07, 6.45) is 3.63. The molecule has 1 aliphatic rings. The summed E-state index contributed by atoms with van der Waals surface area (Å²) in [4.78, 5) is 17.1. The molecular weight excluding hydrogens is 355 g/mol. The van der Waals surface area contributed by atoms with Gasteiger partial charge in [-0.3, -0.25) is 0 Å². The normalized spacial score (nSPS) is 17.3.